The maximum absolute atomic E-state index is 13.0. The Kier molecular flexibility index (Phi) is 4.52. The molecule has 2 aliphatic rings. The molecule has 8 heteroatoms. The van der Waals surface area contributed by atoms with Crippen molar-refractivity contribution in [2.45, 2.75) is 31.7 Å². The van der Waals surface area contributed by atoms with Crippen molar-refractivity contribution in [3.05, 3.63) is 40.3 Å². The minimum Gasteiger partial charge on any atom is -0.356 e. The van der Waals surface area contributed by atoms with Gasteiger partial charge in [0.2, 0.25) is 0 Å². The zero-order chi connectivity index (χ0) is 18.1. The third-order valence-electron chi connectivity index (χ3n) is 5.03. The van der Waals surface area contributed by atoms with E-state index in [-0.39, 0.29) is 23.1 Å². The number of sulfone groups is 1. The molecule has 0 N–H and O–H groups in total. The minimum atomic E-state index is -3.00. The van der Waals surface area contributed by atoms with Gasteiger partial charge >= 0.3 is 0 Å². The zero-order valence-corrected chi connectivity index (χ0v) is 15.4. The molecule has 1 atom stereocenters. The van der Waals surface area contributed by atoms with E-state index in [0.717, 1.165) is 25.9 Å². The van der Waals surface area contributed by atoms with Gasteiger partial charge in [0.1, 0.15) is 17.0 Å². The fraction of sp³-hybridized carbons (Fsp3) is 0.500. The standard InChI is InChI=1S/C18H22N4O3S/c23-18-15(12-19-14-7-11-26(24,25)13-14)17(21-8-3-1-4-9-21)20-16-6-2-5-10-22(16)18/h2,5-6,10,12,14H,1,3-4,7-9,11,13H2/t14-/m1/s1. The van der Waals surface area contributed by atoms with Gasteiger partial charge in [-0.3, -0.25) is 14.2 Å². The maximum Gasteiger partial charge on any atom is 0.268 e. The molecule has 4 rings (SSSR count). The van der Waals surface area contributed by atoms with Gasteiger partial charge in [0.05, 0.1) is 17.5 Å². The Bertz CT molecular complexity index is 1010. The summed E-state index contributed by atoms with van der Waals surface area (Å²) < 4.78 is 24.8. The first kappa shape index (κ1) is 17.2. The molecule has 0 aromatic carbocycles. The average Bonchev–Trinajstić information content (AvgIpc) is 3.00. The number of piperidine rings is 1. The third kappa shape index (κ3) is 3.38. The van der Waals surface area contributed by atoms with Crippen molar-refractivity contribution in [2.24, 2.45) is 4.99 Å². The van der Waals surface area contributed by atoms with Crippen LogP contribution >= 0.6 is 0 Å². The fourth-order valence-electron chi connectivity index (χ4n) is 3.62. The molecular formula is C18H22N4O3S. The highest BCUT2D eigenvalue weighted by Gasteiger charge is 2.27. The Morgan fingerprint density at radius 1 is 1.19 bits per heavy atom. The molecule has 2 aromatic rings. The van der Waals surface area contributed by atoms with Crippen LogP contribution in [0.5, 0.6) is 0 Å². The van der Waals surface area contributed by atoms with E-state index in [1.807, 2.05) is 12.1 Å². The number of anilines is 1. The molecule has 4 heterocycles. The zero-order valence-electron chi connectivity index (χ0n) is 14.5. The first-order valence-electron chi connectivity index (χ1n) is 9.03. The highest BCUT2D eigenvalue weighted by molar-refractivity contribution is 7.91. The lowest BCUT2D eigenvalue weighted by molar-refractivity contribution is 0.573. The number of pyridine rings is 1. The molecule has 2 fully saturated rings. The number of hydrogen-bond acceptors (Lipinski definition) is 6. The second kappa shape index (κ2) is 6.83. The lowest BCUT2D eigenvalue weighted by Gasteiger charge is -2.28. The van der Waals surface area contributed by atoms with Crippen molar-refractivity contribution in [3.8, 4) is 0 Å². The highest BCUT2D eigenvalue weighted by Crippen LogP contribution is 2.21. The summed E-state index contributed by atoms with van der Waals surface area (Å²) in [5, 5.41) is 0. The SMILES string of the molecule is O=c1c(C=N[C@@H]2CCS(=O)(=O)C2)c(N2CCCCC2)nc2ccccn12. The molecule has 2 saturated heterocycles. The number of fused-ring (bicyclic) bond motifs is 1. The van der Waals surface area contributed by atoms with Gasteiger partial charge in [-0.15, -0.1) is 0 Å². The van der Waals surface area contributed by atoms with Gasteiger partial charge in [0.25, 0.3) is 5.56 Å². The molecule has 0 bridgehead atoms. The van der Waals surface area contributed by atoms with Gasteiger partial charge in [0.15, 0.2) is 9.84 Å². The topological polar surface area (TPSA) is 84.1 Å². The molecule has 2 aliphatic heterocycles. The van der Waals surface area contributed by atoms with Crippen LogP contribution in [0.4, 0.5) is 5.82 Å². The van der Waals surface area contributed by atoms with Crippen LogP contribution in [-0.4, -0.2) is 54.7 Å². The van der Waals surface area contributed by atoms with E-state index in [4.69, 9.17) is 4.98 Å². The molecule has 138 valence electrons. The van der Waals surface area contributed by atoms with Crippen LogP contribution < -0.4 is 10.5 Å². The number of rotatable bonds is 3. The summed E-state index contributed by atoms with van der Waals surface area (Å²) in [7, 11) is -3.00. The Labute approximate surface area is 152 Å². The number of aliphatic imine (C=N–C) groups is 1. The van der Waals surface area contributed by atoms with Crippen LogP contribution in [0.25, 0.3) is 5.65 Å². The predicted octanol–water partition coefficient (Wildman–Crippen LogP) is 1.29. The Balaban J connectivity index is 1.78. The van der Waals surface area contributed by atoms with E-state index < -0.39 is 9.84 Å². The van der Waals surface area contributed by atoms with Crippen molar-refractivity contribution in [2.75, 3.05) is 29.5 Å². The van der Waals surface area contributed by atoms with Gasteiger partial charge in [-0.05, 0) is 37.8 Å². The van der Waals surface area contributed by atoms with E-state index in [1.165, 1.54) is 10.8 Å². The summed E-state index contributed by atoms with van der Waals surface area (Å²) in [6.45, 7) is 1.74. The van der Waals surface area contributed by atoms with Gasteiger partial charge < -0.3 is 4.90 Å². The summed E-state index contributed by atoms with van der Waals surface area (Å²) in [5.74, 6) is 0.888. The molecule has 0 saturated carbocycles. The van der Waals surface area contributed by atoms with E-state index in [0.29, 0.717) is 23.4 Å². The number of nitrogens with zero attached hydrogens (tertiary/aromatic N) is 4. The Morgan fingerprint density at radius 2 is 2.00 bits per heavy atom. The lowest BCUT2D eigenvalue weighted by atomic mass is 10.1. The van der Waals surface area contributed by atoms with Crippen LogP contribution in [0.1, 0.15) is 31.2 Å². The molecule has 0 aliphatic carbocycles. The summed E-state index contributed by atoms with van der Waals surface area (Å²) >= 11 is 0. The van der Waals surface area contributed by atoms with E-state index >= 15 is 0 Å². The van der Waals surface area contributed by atoms with E-state index in [1.54, 1.807) is 18.5 Å². The molecule has 0 radical (unpaired) electrons. The van der Waals surface area contributed by atoms with Gasteiger partial charge in [-0.25, -0.2) is 13.4 Å². The summed E-state index contributed by atoms with van der Waals surface area (Å²) in [6, 6.07) is 5.20. The smallest absolute Gasteiger partial charge is 0.268 e. The number of hydrogen-bond donors (Lipinski definition) is 0. The molecular weight excluding hydrogens is 352 g/mol. The molecule has 0 amide bonds. The second-order valence-corrected chi connectivity index (χ2v) is 9.19. The normalized spacial score (nSPS) is 23.1. The average molecular weight is 374 g/mol. The summed E-state index contributed by atoms with van der Waals surface area (Å²) in [4.78, 5) is 24.3. The molecule has 7 nitrogen and oxygen atoms in total. The first-order chi connectivity index (χ1) is 12.5. The fourth-order valence-corrected chi connectivity index (χ4v) is 5.26. The van der Waals surface area contributed by atoms with Gasteiger partial charge in [0, 0.05) is 25.5 Å². The van der Waals surface area contributed by atoms with Crippen molar-refractivity contribution < 1.29 is 8.42 Å². The second-order valence-electron chi connectivity index (χ2n) is 6.97. The molecule has 0 spiro atoms. The number of aromatic nitrogens is 2. The van der Waals surface area contributed by atoms with Crippen LogP contribution in [0.15, 0.2) is 34.2 Å². The minimum absolute atomic E-state index is 0.0604. The van der Waals surface area contributed by atoms with Crippen LogP contribution in [0, 0.1) is 0 Å². The Hall–Kier alpha value is -2.22. The Morgan fingerprint density at radius 3 is 2.73 bits per heavy atom. The summed E-state index contributed by atoms with van der Waals surface area (Å²) in [6.07, 6.45) is 7.10. The predicted molar refractivity (Wildman–Crippen MR) is 102 cm³/mol. The van der Waals surface area contributed by atoms with Crippen LogP contribution in [0.3, 0.4) is 0 Å². The first-order valence-corrected chi connectivity index (χ1v) is 10.9. The van der Waals surface area contributed by atoms with Crippen molar-refractivity contribution in [3.63, 3.8) is 0 Å². The van der Waals surface area contributed by atoms with Crippen molar-refractivity contribution in [1.29, 1.82) is 0 Å². The molecule has 26 heavy (non-hydrogen) atoms. The quantitative estimate of drug-likeness (QED) is 0.756. The molecule has 0 unspecified atom stereocenters. The highest BCUT2D eigenvalue weighted by atomic mass is 32.2. The maximum atomic E-state index is 13.0. The van der Waals surface area contributed by atoms with E-state index in [2.05, 4.69) is 9.89 Å². The van der Waals surface area contributed by atoms with Gasteiger partial charge in [-0.1, -0.05) is 6.07 Å². The summed E-state index contributed by atoms with van der Waals surface area (Å²) in [5.41, 5.74) is 0.888. The third-order valence-corrected chi connectivity index (χ3v) is 6.78. The lowest BCUT2D eigenvalue weighted by Crippen LogP contribution is -2.34. The van der Waals surface area contributed by atoms with Crippen molar-refractivity contribution in [1.82, 2.24) is 9.38 Å². The van der Waals surface area contributed by atoms with Crippen LogP contribution in [0.2, 0.25) is 0 Å². The monoisotopic (exact) mass is 374 g/mol. The van der Waals surface area contributed by atoms with Gasteiger partial charge in [-0.2, -0.15) is 0 Å². The van der Waals surface area contributed by atoms with E-state index in [9.17, 15) is 13.2 Å². The van der Waals surface area contributed by atoms with Crippen LogP contribution in [-0.2, 0) is 9.84 Å². The molecule has 2 aromatic heterocycles. The van der Waals surface area contributed by atoms with Crippen molar-refractivity contribution >= 4 is 27.5 Å². The largest absolute Gasteiger partial charge is 0.356 e.